The lowest BCUT2D eigenvalue weighted by Crippen LogP contribution is -2.14. The molecule has 2 aromatic rings. The van der Waals surface area contributed by atoms with Crippen LogP contribution >= 0.6 is 0 Å². The van der Waals surface area contributed by atoms with Crippen molar-refractivity contribution in [1.82, 2.24) is 0 Å². The molecule has 0 amide bonds. The van der Waals surface area contributed by atoms with E-state index < -0.39 is 0 Å². The van der Waals surface area contributed by atoms with E-state index in [1.807, 2.05) is 0 Å². The Hall–Kier alpha value is -1.74. The van der Waals surface area contributed by atoms with Gasteiger partial charge < -0.3 is 5.73 Å². The molecule has 0 heterocycles. The van der Waals surface area contributed by atoms with E-state index >= 15 is 0 Å². The second-order valence-corrected chi connectivity index (χ2v) is 3.90. The van der Waals surface area contributed by atoms with Gasteiger partial charge in [-0.2, -0.15) is 0 Å². The summed E-state index contributed by atoms with van der Waals surface area (Å²) in [5.41, 5.74) is 7.22. The van der Waals surface area contributed by atoms with Crippen LogP contribution in [-0.2, 0) is 0 Å². The highest BCUT2D eigenvalue weighted by molar-refractivity contribution is 5.33. The summed E-state index contributed by atoms with van der Waals surface area (Å²) in [5.74, 6) is -0.795. The van der Waals surface area contributed by atoms with Crippen LogP contribution in [0.1, 0.15) is 17.0 Å². The van der Waals surface area contributed by atoms with Crippen LogP contribution in [0.25, 0.3) is 0 Å². The number of rotatable bonds is 3. The van der Waals surface area contributed by atoms with Crippen LogP contribution in [0.5, 0.6) is 0 Å². The molecule has 17 heavy (non-hydrogen) atoms. The summed E-state index contributed by atoms with van der Waals surface area (Å²) in [6.45, 7) is 0.312. The smallest absolute Gasteiger partial charge is 0.123 e. The fraction of sp³-hybridized carbons (Fsp3) is 0.143. The zero-order chi connectivity index (χ0) is 12.3. The van der Waals surface area contributed by atoms with Crippen molar-refractivity contribution in [2.75, 3.05) is 6.54 Å². The molecule has 0 saturated carbocycles. The first kappa shape index (κ1) is 11.7. The Morgan fingerprint density at radius 1 is 0.882 bits per heavy atom. The number of benzene rings is 2. The molecule has 3 heteroatoms. The van der Waals surface area contributed by atoms with E-state index in [0.29, 0.717) is 6.54 Å². The fourth-order valence-corrected chi connectivity index (χ4v) is 1.91. The van der Waals surface area contributed by atoms with Crippen LogP contribution in [0.2, 0.25) is 0 Å². The molecule has 0 bridgehead atoms. The van der Waals surface area contributed by atoms with Crippen molar-refractivity contribution in [3.8, 4) is 0 Å². The highest BCUT2D eigenvalue weighted by Crippen LogP contribution is 2.24. The monoisotopic (exact) mass is 233 g/mol. The number of halogens is 2. The molecule has 0 atom stereocenters. The molecule has 2 N–H and O–H groups in total. The third kappa shape index (κ3) is 2.68. The van der Waals surface area contributed by atoms with Crippen molar-refractivity contribution in [3.05, 3.63) is 71.3 Å². The van der Waals surface area contributed by atoms with Crippen LogP contribution in [0.15, 0.2) is 48.5 Å². The first-order chi connectivity index (χ1) is 8.20. The third-order valence-electron chi connectivity index (χ3n) is 2.74. The third-order valence-corrected chi connectivity index (χ3v) is 2.74. The molecule has 0 fully saturated rings. The molecule has 0 spiro atoms. The lowest BCUT2D eigenvalue weighted by Gasteiger charge is -2.15. The van der Waals surface area contributed by atoms with Crippen molar-refractivity contribution in [1.29, 1.82) is 0 Å². The van der Waals surface area contributed by atoms with Gasteiger partial charge >= 0.3 is 0 Å². The maximum absolute atomic E-state index is 13.1. The lowest BCUT2D eigenvalue weighted by molar-refractivity contribution is 0.619. The van der Waals surface area contributed by atoms with Gasteiger partial charge in [0.1, 0.15) is 11.6 Å². The van der Waals surface area contributed by atoms with Gasteiger partial charge in [0.25, 0.3) is 0 Å². The van der Waals surface area contributed by atoms with Gasteiger partial charge in [-0.1, -0.05) is 24.3 Å². The highest BCUT2D eigenvalue weighted by Gasteiger charge is 2.13. The summed E-state index contributed by atoms with van der Waals surface area (Å²) >= 11 is 0. The second kappa shape index (κ2) is 5.06. The number of hydrogen-bond donors (Lipinski definition) is 1. The molecule has 0 saturated heterocycles. The van der Waals surface area contributed by atoms with Crippen molar-refractivity contribution in [2.45, 2.75) is 5.92 Å². The molecule has 88 valence electrons. The number of hydrogen-bond acceptors (Lipinski definition) is 1. The minimum atomic E-state index is -0.308. The normalized spacial score (nSPS) is 10.8. The number of nitrogens with two attached hydrogens (primary N) is 1. The summed E-state index contributed by atoms with van der Waals surface area (Å²) in [6, 6.07) is 12.5. The standard InChI is InChI=1S/C14H13F2N/c15-12-5-1-3-10(7-12)14(9-17)11-4-2-6-13(16)8-11/h1-8,14H,9,17H2. The van der Waals surface area contributed by atoms with Crippen molar-refractivity contribution < 1.29 is 8.78 Å². The Bertz CT molecular complexity index is 466. The van der Waals surface area contributed by atoms with Gasteiger partial charge in [0.2, 0.25) is 0 Å². The predicted octanol–water partition coefficient (Wildman–Crippen LogP) is 3.06. The van der Waals surface area contributed by atoms with Crippen molar-refractivity contribution in [3.63, 3.8) is 0 Å². The molecule has 1 nitrogen and oxygen atoms in total. The Balaban J connectivity index is 2.40. The average Bonchev–Trinajstić information content (AvgIpc) is 2.30. The minimum Gasteiger partial charge on any atom is -0.330 e. The van der Waals surface area contributed by atoms with E-state index in [-0.39, 0.29) is 17.6 Å². The van der Waals surface area contributed by atoms with E-state index in [1.54, 1.807) is 24.3 Å². The molecule has 2 aromatic carbocycles. The Morgan fingerprint density at radius 2 is 1.35 bits per heavy atom. The van der Waals surface area contributed by atoms with Gasteiger partial charge in [0, 0.05) is 12.5 Å². The van der Waals surface area contributed by atoms with Crippen LogP contribution in [0.3, 0.4) is 0 Å². The minimum absolute atomic E-state index is 0.179. The van der Waals surface area contributed by atoms with Crippen molar-refractivity contribution in [2.24, 2.45) is 5.73 Å². The van der Waals surface area contributed by atoms with Crippen molar-refractivity contribution >= 4 is 0 Å². The van der Waals surface area contributed by atoms with Crippen LogP contribution in [-0.4, -0.2) is 6.54 Å². The molecule has 2 rings (SSSR count). The molecule has 0 aliphatic carbocycles. The van der Waals surface area contributed by atoms with Gasteiger partial charge in [0.05, 0.1) is 0 Å². The second-order valence-electron chi connectivity index (χ2n) is 3.90. The predicted molar refractivity (Wildman–Crippen MR) is 63.7 cm³/mol. The summed E-state index contributed by atoms with van der Waals surface area (Å²) < 4.78 is 26.3. The van der Waals surface area contributed by atoms with E-state index in [2.05, 4.69) is 0 Å². The van der Waals surface area contributed by atoms with E-state index in [4.69, 9.17) is 5.73 Å². The summed E-state index contributed by atoms with van der Waals surface area (Å²) in [7, 11) is 0. The van der Waals surface area contributed by atoms with Gasteiger partial charge in [-0.05, 0) is 35.4 Å². The maximum Gasteiger partial charge on any atom is 0.123 e. The summed E-state index contributed by atoms with van der Waals surface area (Å²) in [4.78, 5) is 0. The fourth-order valence-electron chi connectivity index (χ4n) is 1.91. The first-order valence-corrected chi connectivity index (χ1v) is 5.41. The molecule has 0 radical (unpaired) electrons. The van der Waals surface area contributed by atoms with Gasteiger partial charge in [0.15, 0.2) is 0 Å². The van der Waals surface area contributed by atoms with E-state index in [1.165, 1.54) is 24.3 Å². The molecule has 0 unspecified atom stereocenters. The average molecular weight is 233 g/mol. The van der Waals surface area contributed by atoms with E-state index in [9.17, 15) is 8.78 Å². The molecule has 0 aliphatic heterocycles. The van der Waals surface area contributed by atoms with Crippen LogP contribution in [0.4, 0.5) is 8.78 Å². The Kier molecular flexibility index (Phi) is 3.49. The zero-order valence-electron chi connectivity index (χ0n) is 9.24. The highest BCUT2D eigenvalue weighted by atomic mass is 19.1. The summed E-state index contributed by atoms with van der Waals surface area (Å²) in [5, 5.41) is 0. The largest absolute Gasteiger partial charge is 0.330 e. The quantitative estimate of drug-likeness (QED) is 0.866. The maximum atomic E-state index is 13.1. The SMILES string of the molecule is NCC(c1cccc(F)c1)c1cccc(F)c1. The van der Waals surface area contributed by atoms with Gasteiger partial charge in [-0.25, -0.2) is 8.78 Å². The zero-order valence-corrected chi connectivity index (χ0v) is 9.24. The van der Waals surface area contributed by atoms with Gasteiger partial charge in [-0.15, -0.1) is 0 Å². The van der Waals surface area contributed by atoms with Gasteiger partial charge in [-0.3, -0.25) is 0 Å². The van der Waals surface area contributed by atoms with E-state index in [0.717, 1.165) is 11.1 Å². The molecule has 0 aromatic heterocycles. The van der Waals surface area contributed by atoms with Crippen LogP contribution < -0.4 is 5.73 Å². The topological polar surface area (TPSA) is 26.0 Å². The molecule has 0 aliphatic rings. The Labute approximate surface area is 98.9 Å². The molecular formula is C14H13F2N. The lowest BCUT2D eigenvalue weighted by atomic mass is 9.91. The first-order valence-electron chi connectivity index (χ1n) is 5.41. The summed E-state index contributed by atoms with van der Waals surface area (Å²) in [6.07, 6.45) is 0. The Morgan fingerprint density at radius 3 is 1.71 bits per heavy atom. The molecular weight excluding hydrogens is 220 g/mol. The van der Waals surface area contributed by atoms with Crippen LogP contribution in [0, 0.1) is 11.6 Å².